The van der Waals surface area contributed by atoms with Crippen molar-refractivity contribution in [2.45, 2.75) is 25.4 Å². The SMILES string of the molecule is NCCc1cc(F)c(OCC2CCCO2)c(F)c1. The Morgan fingerprint density at radius 3 is 2.61 bits per heavy atom. The zero-order valence-electron chi connectivity index (χ0n) is 10.1. The molecule has 0 radical (unpaired) electrons. The molecule has 0 bridgehead atoms. The van der Waals surface area contributed by atoms with Gasteiger partial charge in [0.1, 0.15) is 6.61 Å². The van der Waals surface area contributed by atoms with Crippen LogP contribution in [0.25, 0.3) is 0 Å². The molecule has 0 aromatic heterocycles. The molecule has 1 aromatic carbocycles. The molecule has 2 N–H and O–H groups in total. The van der Waals surface area contributed by atoms with Crippen molar-refractivity contribution < 1.29 is 18.3 Å². The minimum absolute atomic E-state index is 0.0625. The number of benzene rings is 1. The summed E-state index contributed by atoms with van der Waals surface area (Å²) in [6, 6.07) is 2.53. The Balaban J connectivity index is 2.02. The first-order valence-corrected chi connectivity index (χ1v) is 6.13. The van der Waals surface area contributed by atoms with Crippen LogP contribution in [0.5, 0.6) is 5.75 Å². The molecular formula is C13H17F2NO2. The number of halogens is 2. The predicted molar refractivity (Wildman–Crippen MR) is 63.6 cm³/mol. The van der Waals surface area contributed by atoms with E-state index in [1.54, 1.807) is 0 Å². The second-order valence-corrected chi connectivity index (χ2v) is 4.37. The largest absolute Gasteiger partial charge is 0.485 e. The molecule has 0 aliphatic carbocycles. The second kappa shape index (κ2) is 6.11. The Hall–Kier alpha value is -1.20. The van der Waals surface area contributed by atoms with Crippen molar-refractivity contribution in [3.63, 3.8) is 0 Å². The summed E-state index contributed by atoms with van der Waals surface area (Å²) in [7, 11) is 0. The van der Waals surface area contributed by atoms with E-state index >= 15 is 0 Å². The molecule has 1 unspecified atom stereocenters. The summed E-state index contributed by atoms with van der Waals surface area (Å²) >= 11 is 0. The van der Waals surface area contributed by atoms with Crippen molar-refractivity contribution >= 4 is 0 Å². The maximum Gasteiger partial charge on any atom is 0.190 e. The van der Waals surface area contributed by atoms with E-state index in [0.717, 1.165) is 12.8 Å². The van der Waals surface area contributed by atoms with Gasteiger partial charge in [0.2, 0.25) is 0 Å². The fraction of sp³-hybridized carbons (Fsp3) is 0.538. The van der Waals surface area contributed by atoms with Gasteiger partial charge >= 0.3 is 0 Å². The Morgan fingerprint density at radius 1 is 1.33 bits per heavy atom. The molecule has 100 valence electrons. The molecule has 0 spiro atoms. The highest BCUT2D eigenvalue weighted by atomic mass is 19.1. The number of hydrogen-bond acceptors (Lipinski definition) is 3. The van der Waals surface area contributed by atoms with Crippen LogP contribution >= 0.6 is 0 Å². The third-order valence-electron chi connectivity index (χ3n) is 2.93. The van der Waals surface area contributed by atoms with E-state index < -0.39 is 11.6 Å². The summed E-state index contributed by atoms with van der Waals surface area (Å²) in [6.45, 7) is 1.23. The maximum atomic E-state index is 13.7. The molecule has 1 aliphatic heterocycles. The fourth-order valence-corrected chi connectivity index (χ4v) is 2.01. The van der Waals surface area contributed by atoms with E-state index in [2.05, 4.69) is 0 Å². The molecule has 0 saturated carbocycles. The lowest BCUT2D eigenvalue weighted by atomic mass is 10.1. The van der Waals surface area contributed by atoms with Gasteiger partial charge in [-0.2, -0.15) is 0 Å². The van der Waals surface area contributed by atoms with Crippen molar-refractivity contribution in [1.29, 1.82) is 0 Å². The van der Waals surface area contributed by atoms with Crippen LogP contribution in [0.2, 0.25) is 0 Å². The van der Waals surface area contributed by atoms with Crippen LogP contribution in [0.4, 0.5) is 8.78 Å². The summed E-state index contributed by atoms with van der Waals surface area (Å²) in [5.74, 6) is -1.70. The summed E-state index contributed by atoms with van der Waals surface area (Å²) in [6.07, 6.45) is 2.22. The summed E-state index contributed by atoms with van der Waals surface area (Å²) in [4.78, 5) is 0. The Kier molecular flexibility index (Phi) is 4.49. The highest BCUT2D eigenvalue weighted by Gasteiger charge is 2.19. The number of nitrogens with two attached hydrogens (primary N) is 1. The highest BCUT2D eigenvalue weighted by Crippen LogP contribution is 2.24. The van der Waals surface area contributed by atoms with Gasteiger partial charge in [0.25, 0.3) is 0 Å². The van der Waals surface area contributed by atoms with Crippen LogP contribution in [0.15, 0.2) is 12.1 Å². The third kappa shape index (κ3) is 3.17. The van der Waals surface area contributed by atoms with Crippen molar-refractivity contribution in [1.82, 2.24) is 0 Å². The van der Waals surface area contributed by atoms with Crippen LogP contribution in [0, 0.1) is 11.6 Å². The monoisotopic (exact) mass is 257 g/mol. The highest BCUT2D eigenvalue weighted by molar-refractivity contribution is 5.31. The lowest BCUT2D eigenvalue weighted by Gasteiger charge is -2.13. The van der Waals surface area contributed by atoms with Gasteiger partial charge in [-0.1, -0.05) is 0 Å². The minimum atomic E-state index is -0.684. The molecule has 18 heavy (non-hydrogen) atoms. The molecule has 1 aromatic rings. The van der Waals surface area contributed by atoms with Crippen LogP contribution in [0.3, 0.4) is 0 Å². The van der Waals surface area contributed by atoms with E-state index in [4.69, 9.17) is 15.2 Å². The molecule has 1 aliphatic rings. The van der Waals surface area contributed by atoms with Gasteiger partial charge in [0.15, 0.2) is 17.4 Å². The zero-order valence-corrected chi connectivity index (χ0v) is 10.1. The lowest BCUT2D eigenvalue weighted by Crippen LogP contribution is -2.17. The molecule has 2 rings (SSSR count). The first kappa shape index (κ1) is 13.2. The normalized spacial score (nSPS) is 19.2. The molecule has 3 nitrogen and oxygen atoms in total. The average Bonchev–Trinajstić information content (AvgIpc) is 2.81. The molecule has 1 saturated heterocycles. The molecule has 1 heterocycles. The molecule has 1 fully saturated rings. The van der Waals surface area contributed by atoms with Crippen molar-refractivity contribution in [3.05, 3.63) is 29.3 Å². The van der Waals surface area contributed by atoms with E-state index in [1.165, 1.54) is 12.1 Å². The van der Waals surface area contributed by atoms with Crippen LogP contribution in [-0.2, 0) is 11.2 Å². The Morgan fingerprint density at radius 2 is 2.06 bits per heavy atom. The van der Waals surface area contributed by atoms with Gasteiger partial charge in [-0.25, -0.2) is 8.78 Å². The minimum Gasteiger partial charge on any atom is -0.485 e. The predicted octanol–water partition coefficient (Wildman–Crippen LogP) is 2.02. The van der Waals surface area contributed by atoms with E-state index in [-0.39, 0.29) is 18.5 Å². The van der Waals surface area contributed by atoms with Gasteiger partial charge in [-0.05, 0) is 43.5 Å². The average molecular weight is 257 g/mol. The van der Waals surface area contributed by atoms with Crippen LogP contribution < -0.4 is 10.5 Å². The first-order chi connectivity index (χ1) is 8.70. The Labute approximate surface area is 105 Å². The molecular weight excluding hydrogens is 240 g/mol. The number of ether oxygens (including phenoxy) is 2. The van der Waals surface area contributed by atoms with E-state index in [0.29, 0.717) is 25.1 Å². The number of rotatable bonds is 5. The van der Waals surface area contributed by atoms with Gasteiger partial charge in [-0.3, -0.25) is 0 Å². The van der Waals surface area contributed by atoms with Crippen molar-refractivity contribution in [3.8, 4) is 5.75 Å². The van der Waals surface area contributed by atoms with Crippen molar-refractivity contribution in [2.24, 2.45) is 5.73 Å². The zero-order chi connectivity index (χ0) is 13.0. The molecule has 5 heteroatoms. The standard InChI is InChI=1S/C13H17F2NO2/c14-11-6-9(3-4-16)7-12(15)13(11)18-8-10-2-1-5-17-10/h6-7,10H,1-5,8,16H2. The number of hydrogen-bond donors (Lipinski definition) is 1. The lowest BCUT2D eigenvalue weighted by molar-refractivity contribution is 0.0650. The topological polar surface area (TPSA) is 44.5 Å². The maximum absolute atomic E-state index is 13.7. The smallest absolute Gasteiger partial charge is 0.190 e. The van der Waals surface area contributed by atoms with Gasteiger partial charge in [0, 0.05) is 6.61 Å². The Bertz CT molecular complexity index is 383. The van der Waals surface area contributed by atoms with Crippen LogP contribution in [0.1, 0.15) is 18.4 Å². The van der Waals surface area contributed by atoms with Crippen LogP contribution in [-0.4, -0.2) is 25.9 Å². The van der Waals surface area contributed by atoms with Gasteiger partial charge < -0.3 is 15.2 Å². The molecule has 1 atom stereocenters. The van der Waals surface area contributed by atoms with Gasteiger partial charge in [0.05, 0.1) is 6.10 Å². The fourth-order valence-electron chi connectivity index (χ4n) is 2.01. The summed E-state index contributed by atoms with van der Waals surface area (Å²) in [5, 5.41) is 0. The molecule has 0 amide bonds. The quantitative estimate of drug-likeness (QED) is 0.877. The summed E-state index contributed by atoms with van der Waals surface area (Å²) in [5.41, 5.74) is 5.89. The first-order valence-electron chi connectivity index (χ1n) is 6.13. The van der Waals surface area contributed by atoms with E-state index in [1.807, 2.05) is 0 Å². The second-order valence-electron chi connectivity index (χ2n) is 4.37. The van der Waals surface area contributed by atoms with Gasteiger partial charge in [-0.15, -0.1) is 0 Å². The van der Waals surface area contributed by atoms with Crippen molar-refractivity contribution in [2.75, 3.05) is 19.8 Å². The summed E-state index contributed by atoms with van der Waals surface area (Å²) < 4.78 is 37.8. The van der Waals surface area contributed by atoms with E-state index in [9.17, 15) is 8.78 Å². The third-order valence-corrected chi connectivity index (χ3v) is 2.93.